The summed E-state index contributed by atoms with van der Waals surface area (Å²) in [5, 5.41) is 7.97. The molecule has 1 spiro atoms. The number of ether oxygens (including phenoxy) is 1. The van der Waals surface area contributed by atoms with Crippen molar-refractivity contribution >= 4 is 5.69 Å². The fourth-order valence-corrected chi connectivity index (χ4v) is 3.45. The lowest BCUT2D eigenvalue weighted by molar-refractivity contribution is -0.157. The van der Waals surface area contributed by atoms with Crippen molar-refractivity contribution in [3.05, 3.63) is 12.4 Å². The number of anilines is 1. The van der Waals surface area contributed by atoms with Crippen molar-refractivity contribution in [2.24, 2.45) is 5.41 Å². The smallest absolute Gasteiger partial charge is 0.0728 e. The predicted octanol–water partition coefficient (Wildman–Crippen LogP) is 2.66. The van der Waals surface area contributed by atoms with Gasteiger partial charge < -0.3 is 10.1 Å². The first-order valence-electron chi connectivity index (χ1n) is 7.19. The van der Waals surface area contributed by atoms with Crippen LogP contribution in [0.1, 0.15) is 39.5 Å². The average molecular weight is 249 g/mol. The van der Waals surface area contributed by atoms with Crippen LogP contribution in [-0.2, 0) is 11.3 Å². The Bertz CT molecular complexity index is 411. The van der Waals surface area contributed by atoms with Gasteiger partial charge in [-0.05, 0) is 33.1 Å². The summed E-state index contributed by atoms with van der Waals surface area (Å²) in [6, 6.07) is 0.581. The summed E-state index contributed by atoms with van der Waals surface area (Å²) in [6.07, 6.45) is 9.65. The predicted molar refractivity (Wildman–Crippen MR) is 71.6 cm³/mol. The van der Waals surface area contributed by atoms with Gasteiger partial charge in [-0.25, -0.2) is 0 Å². The van der Waals surface area contributed by atoms with E-state index in [-0.39, 0.29) is 0 Å². The molecule has 0 amide bonds. The van der Waals surface area contributed by atoms with Crippen LogP contribution in [0.4, 0.5) is 5.69 Å². The average Bonchev–Trinajstić information content (AvgIpc) is 2.73. The molecule has 2 aliphatic rings. The third kappa shape index (κ3) is 1.74. The largest absolute Gasteiger partial charge is 0.379 e. The number of nitrogens with one attached hydrogen (secondary N) is 1. The fourth-order valence-electron chi connectivity index (χ4n) is 3.45. The molecule has 4 nitrogen and oxygen atoms in total. The molecule has 1 aromatic rings. The molecule has 4 heteroatoms. The van der Waals surface area contributed by atoms with E-state index in [2.05, 4.69) is 30.5 Å². The van der Waals surface area contributed by atoms with Crippen molar-refractivity contribution < 1.29 is 4.74 Å². The van der Waals surface area contributed by atoms with Crippen molar-refractivity contribution in [3.8, 4) is 0 Å². The summed E-state index contributed by atoms with van der Waals surface area (Å²) >= 11 is 0. The summed E-state index contributed by atoms with van der Waals surface area (Å²) in [7, 11) is 0. The Morgan fingerprint density at radius 1 is 1.50 bits per heavy atom. The molecule has 2 atom stereocenters. The minimum Gasteiger partial charge on any atom is -0.379 e. The molecule has 18 heavy (non-hydrogen) atoms. The van der Waals surface area contributed by atoms with Crippen LogP contribution in [0.3, 0.4) is 0 Å². The Balaban J connectivity index is 1.64. The van der Waals surface area contributed by atoms with E-state index in [0.717, 1.165) is 25.3 Å². The molecule has 0 saturated heterocycles. The monoisotopic (exact) mass is 249 g/mol. The molecular formula is C14H23N3O. The van der Waals surface area contributed by atoms with Crippen LogP contribution in [0.2, 0.25) is 0 Å². The molecule has 1 N–H and O–H groups in total. The van der Waals surface area contributed by atoms with E-state index < -0.39 is 0 Å². The summed E-state index contributed by atoms with van der Waals surface area (Å²) in [5.74, 6) is 0. The maximum Gasteiger partial charge on any atom is 0.0728 e. The lowest BCUT2D eigenvalue weighted by Gasteiger charge is -2.61. The van der Waals surface area contributed by atoms with Gasteiger partial charge in [0, 0.05) is 30.8 Å². The first kappa shape index (κ1) is 12.0. The standard InChI is InChI=1S/C14H23N3O/c1-3-17-10-11(9-15-17)16-12-8-13(18-4-2)14(12)6-5-7-14/h9-10,12-13,16H,3-8H2,1-2H3. The molecule has 0 aromatic carbocycles. The van der Waals surface area contributed by atoms with E-state index in [1.807, 2.05) is 10.9 Å². The van der Waals surface area contributed by atoms with Crippen LogP contribution in [-0.4, -0.2) is 28.5 Å². The zero-order valence-electron chi connectivity index (χ0n) is 11.4. The van der Waals surface area contributed by atoms with Gasteiger partial charge in [0.05, 0.1) is 18.0 Å². The highest BCUT2D eigenvalue weighted by Gasteiger charge is 2.58. The zero-order chi connectivity index (χ0) is 12.6. The Morgan fingerprint density at radius 2 is 2.33 bits per heavy atom. The molecule has 0 bridgehead atoms. The zero-order valence-corrected chi connectivity index (χ0v) is 11.4. The van der Waals surface area contributed by atoms with E-state index in [1.165, 1.54) is 19.3 Å². The van der Waals surface area contributed by atoms with Crippen molar-refractivity contribution in [2.75, 3.05) is 11.9 Å². The second-order valence-electron chi connectivity index (χ2n) is 5.55. The van der Waals surface area contributed by atoms with E-state index in [1.54, 1.807) is 0 Å². The van der Waals surface area contributed by atoms with Gasteiger partial charge in [0.15, 0.2) is 0 Å². The quantitative estimate of drug-likeness (QED) is 0.872. The van der Waals surface area contributed by atoms with Crippen LogP contribution in [0, 0.1) is 5.41 Å². The van der Waals surface area contributed by atoms with Gasteiger partial charge in [0.25, 0.3) is 0 Å². The van der Waals surface area contributed by atoms with Gasteiger partial charge in [0.2, 0.25) is 0 Å². The fraction of sp³-hybridized carbons (Fsp3) is 0.786. The van der Waals surface area contributed by atoms with E-state index in [9.17, 15) is 0 Å². The first-order chi connectivity index (χ1) is 8.78. The molecule has 2 unspecified atom stereocenters. The summed E-state index contributed by atoms with van der Waals surface area (Å²) in [4.78, 5) is 0. The summed E-state index contributed by atoms with van der Waals surface area (Å²) < 4.78 is 7.84. The second-order valence-corrected chi connectivity index (χ2v) is 5.55. The second kappa shape index (κ2) is 4.57. The topological polar surface area (TPSA) is 39.1 Å². The number of nitrogens with zero attached hydrogens (tertiary/aromatic N) is 2. The molecule has 0 radical (unpaired) electrons. The normalized spacial score (nSPS) is 28.8. The van der Waals surface area contributed by atoms with Crippen molar-refractivity contribution in [3.63, 3.8) is 0 Å². The minimum absolute atomic E-state index is 0.421. The Labute approximate surface area is 109 Å². The lowest BCUT2D eigenvalue weighted by atomic mass is 9.51. The van der Waals surface area contributed by atoms with Crippen molar-refractivity contribution in [1.82, 2.24) is 9.78 Å². The maximum absolute atomic E-state index is 5.87. The van der Waals surface area contributed by atoms with E-state index >= 15 is 0 Å². The third-order valence-corrected chi connectivity index (χ3v) is 4.74. The number of aromatic nitrogens is 2. The molecule has 2 aliphatic carbocycles. The van der Waals surface area contributed by atoms with Gasteiger partial charge in [-0.3, -0.25) is 4.68 Å². The maximum atomic E-state index is 5.87. The van der Waals surface area contributed by atoms with Crippen LogP contribution in [0.5, 0.6) is 0 Å². The van der Waals surface area contributed by atoms with E-state index in [0.29, 0.717) is 17.6 Å². The molecule has 2 fully saturated rings. The highest BCUT2D eigenvalue weighted by molar-refractivity contribution is 5.42. The van der Waals surface area contributed by atoms with Crippen LogP contribution >= 0.6 is 0 Å². The first-order valence-corrected chi connectivity index (χ1v) is 7.19. The molecule has 100 valence electrons. The molecule has 1 aromatic heterocycles. The number of rotatable bonds is 5. The lowest BCUT2D eigenvalue weighted by Crippen LogP contribution is -2.64. The van der Waals surface area contributed by atoms with Gasteiger partial charge in [-0.15, -0.1) is 0 Å². The summed E-state index contributed by atoms with van der Waals surface area (Å²) in [6.45, 7) is 5.98. The van der Waals surface area contributed by atoms with Gasteiger partial charge in [-0.1, -0.05) is 6.42 Å². The van der Waals surface area contributed by atoms with Gasteiger partial charge in [0.1, 0.15) is 0 Å². The third-order valence-electron chi connectivity index (χ3n) is 4.74. The number of hydrogen-bond acceptors (Lipinski definition) is 3. The Morgan fingerprint density at radius 3 is 2.89 bits per heavy atom. The van der Waals surface area contributed by atoms with Gasteiger partial charge >= 0.3 is 0 Å². The molecule has 0 aliphatic heterocycles. The van der Waals surface area contributed by atoms with Crippen LogP contribution < -0.4 is 5.32 Å². The van der Waals surface area contributed by atoms with E-state index in [4.69, 9.17) is 4.74 Å². The Kier molecular flexibility index (Phi) is 3.06. The highest BCUT2D eigenvalue weighted by atomic mass is 16.5. The highest BCUT2D eigenvalue weighted by Crippen LogP contribution is 2.58. The van der Waals surface area contributed by atoms with Crippen molar-refractivity contribution in [1.29, 1.82) is 0 Å². The molecule has 1 heterocycles. The molecule has 2 saturated carbocycles. The minimum atomic E-state index is 0.421. The molecule has 3 rings (SSSR count). The van der Waals surface area contributed by atoms with Crippen LogP contribution in [0.15, 0.2) is 12.4 Å². The molecular weight excluding hydrogens is 226 g/mol. The van der Waals surface area contributed by atoms with Gasteiger partial charge in [-0.2, -0.15) is 5.10 Å². The van der Waals surface area contributed by atoms with Crippen LogP contribution in [0.25, 0.3) is 0 Å². The SMILES string of the molecule is CCOC1CC(Nc2cnn(CC)c2)C12CCC2. The Hall–Kier alpha value is -1.03. The van der Waals surface area contributed by atoms with Crippen molar-refractivity contribution in [2.45, 2.75) is 58.2 Å². The number of hydrogen-bond donors (Lipinski definition) is 1. The number of aryl methyl sites for hydroxylation is 1. The summed E-state index contributed by atoms with van der Waals surface area (Å²) in [5.41, 5.74) is 1.58.